The summed E-state index contributed by atoms with van der Waals surface area (Å²) in [5.41, 5.74) is 4.80. The van der Waals surface area contributed by atoms with Gasteiger partial charge >= 0.3 is 0 Å². The molecule has 1 nitrogen and oxygen atoms in total. The molecule has 1 heteroatoms. The third-order valence-electron chi connectivity index (χ3n) is 7.97. The Bertz CT molecular complexity index is 606. The Kier molecular flexibility index (Phi) is 3.37. The van der Waals surface area contributed by atoms with Crippen LogP contribution >= 0.6 is 0 Å². The summed E-state index contributed by atoms with van der Waals surface area (Å²) >= 11 is 0. The highest BCUT2D eigenvalue weighted by Gasteiger charge is 2.66. The predicted molar refractivity (Wildman–Crippen MR) is 95.6 cm³/mol. The molecular weight excluding hydrogens is 278 g/mol. The molecule has 6 atom stereocenters. The molecule has 5 rings (SSSR count). The maximum absolute atomic E-state index is 2.84. The van der Waals surface area contributed by atoms with Gasteiger partial charge in [-0.15, -0.1) is 0 Å². The maximum atomic E-state index is 2.84. The van der Waals surface area contributed by atoms with Gasteiger partial charge in [-0.3, -0.25) is 0 Å². The normalized spacial score (nSPS) is 40.8. The van der Waals surface area contributed by atoms with Crippen LogP contribution in [0.1, 0.15) is 55.7 Å². The maximum Gasteiger partial charge on any atom is 0.0132 e. The molecule has 124 valence electrons. The minimum atomic E-state index is 0.816. The van der Waals surface area contributed by atoms with Crippen LogP contribution in [0, 0.1) is 23.7 Å². The van der Waals surface area contributed by atoms with E-state index in [1.165, 1.54) is 44.1 Å². The number of fused-ring (bicyclic) bond motifs is 2. The van der Waals surface area contributed by atoms with Gasteiger partial charge < -0.3 is 4.90 Å². The van der Waals surface area contributed by atoms with Gasteiger partial charge in [-0.1, -0.05) is 25.1 Å². The monoisotopic (exact) mass is 309 g/mol. The van der Waals surface area contributed by atoms with Gasteiger partial charge in [-0.25, -0.2) is 0 Å². The predicted octanol–water partition coefficient (Wildman–Crippen LogP) is 4.47. The van der Waals surface area contributed by atoms with E-state index in [2.05, 4.69) is 37.1 Å². The van der Waals surface area contributed by atoms with Gasteiger partial charge in [0.25, 0.3) is 0 Å². The van der Waals surface area contributed by atoms with E-state index in [1.807, 2.05) is 0 Å². The summed E-state index contributed by atoms with van der Waals surface area (Å²) in [5.74, 6) is 4.48. The number of hydrogen-bond acceptors (Lipinski definition) is 1. The van der Waals surface area contributed by atoms with Crippen molar-refractivity contribution in [3.63, 3.8) is 0 Å². The van der Waals surface area contributed by atoms with E-state index >= 15 is 0 Å². The van der Waals surface area contributed by atoms with Crippen molar-refractivity contribution in [2.45, 2.75) is 70.4 Å². The van der Waals surface area contributed by atoms with E-state index in [-0.39, 0.29) is 0 Å². The van der Waals surface area contributed by atoms with Crippen molar-refractivity contribution < 1.29 is 0 Å². The van der Waals surface area contributed by atoms with Crippen LogP contribution in [0.15, 0.2) is 18.2 Å². The molecule has 23 heavy (non-hydrogen) atoms. The van der Waals surface area contributed by atoms with Crippen molar-refractivity contribution in [1.29, 1.82) is 0 Å². The van der Waals surface area contributed by atoms with Crippen LogP contribution in [0.4, 0.5) is 0 Å². The summed E-state index contributed by atoms with van der Waals surface area (Å²) in [6, 6.07) is 9.01. The Morgan fingerprint density at radius 3 is 2.57 bits per heavy atom. The van der Waals surface area contributed by atoms with Gasteiger partial charge in [-0.05, 0) is 98.8 Å². The lowest BCUT2D eigenvalue weighted by molar-refractivity contribution is 0.139. The molecule has 0 aromatic heterocycles. The van der Waals surface area contributed by atoms with Crippen molar-refractivity contribution >= 4 is 0 Å². The number of hydrogen-bond donors (Lipinski definition) is 0. The van der Waals surface area contributed by atoms with Crippen LogP contribution < -0.4 is 0 Å². The van der Waals surface area contributed by atoms with E-state index in [0.717, 1.165) is 35.8 Å². The van der Waals surface area contributed by atoms with Crippen molar-refractivity contribution in [2.75, 3.05) is 7.05 Å². The molecule has 0 bridgehead atoms. The highest BCUT2D eigenvalue weighted by molar-refractivity contribution is 5.33. The smallest absolute Gasteiger partial charge is 0.0132 e. The van der Waals surface area contributed by atoms with Crippen LogP contribution in [0.5, 0.6) is 0 Å². The highest BCUT2D eigenvalue weighted by atomic mass is 15.2. The average Bonchev–Trinajstić information content (AvgIpc) is 3.12. The van der Waals surface area contributed by atoms with Gasteiger partial charge in [0.15, 0.2) is 0 Å². The number of benzene rings is 1. The molecule has 0 spiro atoms. The molecule has 0 aliphatic heterocycles. The molecule has 3 saturated carbocycles. The molecule has 0 heterocycles. The lowest BCUT2D eigenvalue weighted by Crippen LogP contribution is -2.41. The van der Waals surface area contributed by atoms with Gasteiger partial charge in [-0.2, -0.15) is 0 Å². The zero-order valence-electron chi connectivity index (χ0n) is 14.8. The van der Waals surface area contributed by atoms with Crippen LogP contribution in [-0.2, 0) is 19.3 Å². The first-order chi connectivity index (χ1) is 11.3. The largest absolute Gasteiger partial charge is 0.300 e. The second-order valence-corrected chi connectivity index (χ2v) is 8.81. The number of rotatable bonds is 3. The highest BCUT2D eigenvalue weighted by Crippen LogP contribution is 2.69. The van der Waals surface area contributed by atoms with Crippen LogP contribution in [0.3, 0.4) is 0 Å². The summed E-state index contributed by atoms with van der Waals surface area (Å²) in [6.45, 7) is 2.27. The van der Waals surface area contributed by atoms with Gasteiger partial charge in [0.1, 0.15) is 0 Å². The fourth-order valence-electron chi connectivity index (χ4n) is 6.64. The second-order valence-electron chi connectivity index (χ2n) is 8.81. The minimum absolute atomic E-state index is 0.816. The molecule has 0 radical (unpaired) electrons. The van der Waals surface area contributed by atoms with Crippen molar-refractivity contribution in [3.8, 4) is 0 Å². The Labute approximate surface area is 141 Å². The first-order valence-electron chi connectivity index (χ1n) is 10.1. The zero-order valence-corrected chi connectivity index (χ0v) is 14.8. The number of aryl methyl sites for hydroxylation is 3. The summed E-state index contributed by atoms with van der Waals surface area (Å²) in [6.07, 6.45) is 11.1. The summed E-state index contributed by atoms with van der Waals surface area (Å²) < 4.78 is 0. The van der Waals surface area contributed by atoms with Gasteiger partial charge in [0.2, 0.25) is 0 Å². The molecule has 0 saturated heterocycles. The van der Waals surface area contributed by atoms with E-state index in [0.29, 0.717) is 0 Å². The first kappa shape index (κ1) is 14.5. The lowest BCUT2D eigenvalue weighted by atomic mass is 9.99. The third kappa shape index (κ3) is 2.22. The fourth-order valence-corrected chi connectivity index (χ4v) is 6.64. The summed E-state index contributed by atoms with van der Waals surface area (Å²) in [7, 11) is 2.46. The quantitative estimate of drug-likeness (QED) is 0.745. The van der Waals surface area contributed by atoms with Crippen LogP contribution in [0.2, 0.25) is 0 Å². The molecule has 4 aliphatic rings. The van der Waals surface area contributed by atoms with Crippen molar-refractivity contribution in [2.24, 2.45) is 23.7 Å². The topological polar surface area (TPSA) is 3.24 Å². The summed E-state index contributed by atoms with van der Waals surface area (Å²) in [4.78, 5) is 2.84. The van der Waals surface area contributed by atoms with Gasteiger partial charge in [0.05, 0.1) is 0 Å². The third-order valence-corrected chi connectivity index (χ3v) is 7.97. The Balaban J connectivity index is 1.30. The molecule has 1 aromatic rings. The first-order valence-corrected chi connectivity index (χ1v) is 10.1. The fraction of sp³-hybridized carbons (Fsp3) is 0.727. The van der Waals surface area contributed by atoms with E-state index in [4.69, 9.17) is 0 Å². The Morgan fingerprint density at radius 2 is 1.83 bits per heavy atom. The Hall–Kier alpha value is -0.820. The zero-order chi connectivity index (χ0) is 15.6. The molecule has 4 aliphatic carbocycles. The average molecular weight is 309 g/mol. The summed E-state index contributed by atoms with van der Waals surface area (Å²) in [5, 5.41) is 0. The van der Waals surface area contributed by atoms with E-state index in [1.54, 1.807) is 24.0 Å². The minimum Gasteiger partial charge on any atom is -0.300 e. The molecule has 0 N–H and O–H groups in total. The van der Waals surface area contributed by atoms with E-state index < -0.39 is 0 Å². The lowest BCUT2D eigenvalue weighted by Gasteiger charge is -2.34. The molecule has 6 unspecified atom stereocenters. The molecular formula is C22H31N. The molecule has 1 aromatic carbocycles. The SMILES string of the molecule is CCc1ccc2c(c1)CCC(N(C)C1CC3CCC4C3C41)CC2. The van der Waals surface area contributed by atoms with Crippen molar-refractivity contribution in [1.82, 2.24) is 4.90 Å². The van der Waals surface area contributed by atoms with E-state index in [9.17, 15) is 0 Å². The van der Waals surface area contributed by atoms with Crippen molar-refractivity contribution in [3.05, 3.63) is 34.9 Å². The molecule has 3 fully saturated rings. The van der Waals surface area contributed by atoms with Gasteiger partial charge in [0, 0.05) is 12.1 Å². The molecule has 0 amide bonds. The number of nitrogens with zero attached hydrogens (tertiary/aromatic N) is 1. The van der Waals surface area contributed by atoms with Crippen LogP contribution in [0.25, 0.3) is 0 Å². The second kappa shape index (κ2) is 5.34. The van der Waals surface area contributed by atoms with Crippen LogP contribution in [-0.4, -0.2) is 24.0 Å². The standard InChI is InChI=1S/C22H31N/c1-3-14-4-5-15-6-9-18(10-7-16(15)12-14)23(2)20-13-17-8-11-19-21(17)22(19)20/h4-5,12,17-22H,3,6-11,13H2,1-2H3. The Morgan fingerprint density at radius 1 is 1.00 bits per heavy atom.